The number of nitrogens with zero attached hydrogens (tertiary/aromatic N) is 1. The van der Waals surface area contributed by atoms with Crippen molar-refractivity contribution in [3.8, 4) is 5.75 Å². The third kappa shape index (κ3) is 8.18. The Morgan fingerprint density at radius 2 is 1.91 bits per heavy atom. The Kier molecular flexibility index (Phi) is 7.82. The van der Waals surface area contributed by atoms with Gasteiger partial charge in [-0.2, -0.15) is 0 Å². The molecule has 1 aromatic rings. The van der Waals surface area contributed by atoms with Gasteiger partial charge >= 0.3 is 0 Å². The minimum Gasteiger partial charge on any atom is -0.726 e. The van der Waals surface area contributed by atoms with Gasteiger partial charge in [0.15, 0.2) is 0 Å². The van der Waals surface area contributed by atoms with Crippen molar-refractivity contribution in [2.75, 3.05) is 25.6 Å². The first-order valence-electron chi connectivity index (χ1n) is 6.66. The van der Waals surface area contributed by atoms with Crippen LogP contribution in [0.25, 0.3) is 0 Å². The summed E-state index contributed by atoms with van der Waals surface area (Å²) in [6.07, 6.45) is 0.983. The van der Waals surface area contributed by atoms with Gasteiger partial charge in [0.1, 0.15) is 5.75 Å². The van der Waals surface area contributed by atoms with Crippen molar-refractivity contribution in [2.45, 2.75) is 32.3 Å². The van der Waals surface area contributed by atoms with E-state index in [-0.39, 0.29) is 6.15 Å². The molecule has 0 amide bonds. The predicted molar refractivity (Wildman–Crippen MR) is 86.3 cm³/mol. The van der Waals surface area contributed by atoms with Crippen LogP contribution < -0.4 is 15.8 Å². The lowest BCUT2D eigenvalue weighted by atomic mass is 10.0. The van der Waals surface area contributed by atoms with E-state index in [4.69, 9.17) is 4.74 Å². The second-order valence-corrected chi connectivity index (χ2v) is 6.58. The van der Waals surface area contributed by atoms with Crippen molar-refractivity contribution in [1.29, 1.82) is 0 Å². The lowest BCUT2D eigenvalue weighted by Gasteiger charge is -2.26. The summed E-state index contributed by atoms with van der Waals surface area (Å²) in [4.78, 5) is 1.98. The van der Waals surface area contributed by atoms with Crippen LogP contribution in [-0.4, -0.2) is 39.3 Å². The van der Waals surface area contributed by atoms with Crippen LogP contribution in [0.4, 0.5) is 5.69 Å². The standard InChI is InChI=1S/C14H23NO5S.H3N/c1-14(2,20-21(16,17)18)9-6-10-19-13-8-5-7-12(11-13)15(3)4;/h5,7-8,11H,6,9-10H2,1-4H3,(H,16,17,18);1H3. The molecular formula is C14H26N2O5S. The molecule has 1 aromatic carbocycles. The summed E-state index contributed by atoms with van der Waals surface area (Å²) in [5.74, 6) is 0.747. The quantitative estimate of drug-likeness (QED) is 0.444. The van der Waals surface area contributed by atoms with Gasteiger partial charge in [-0.1, -0.05) is 6.07 Å². The molecule has 0 atom stereocenters. The Hall–Kier alpha value is -1.35. The van der Waals surface area contributed by atoms with Gasteiger partial charge in [0.05, 0.1) is 12.2 Å². The summed E-state index contributed by atoms with van der Waals surface area (Å²) in [6, 6.07) is 7.66. The summed E-state index contributed by atoms with van der Waals surface area (Å²) in [6.45, 7) is 3.55. The van der Waals surface area contributed by atoms with Crippen LogP contribution in [0.5, 0.6) is 5.75 Å². The molecule has 0 aliphatic carbocycles. The molecular weight excluding hydrogens is 308 g/mol. The van der Waals surface area contributed by atoms with Crippen molar-refractivity contribution >= 4 is 16.1 Å². The molecule has 0 unspecified atom stereocenters. The molecule has 8 heteroatoms. The predicted octanol–water partition coefficient (Wildman–Crippen LogP) is 2.54. The number of anilines is 1. The molecule has 0 aliphatic rings. The maximum atomic E-state index is 10.6. The highest BCUT2D eigenvalue weighted by Gasteiger charge is 2.21. The van der Waals surface area contributed by atoms with Crippen LogP contribution in [0.1, 0.15) is 26.7 Å². The number of benzene rings is 1. The van der Waals surface area contributed by atoms with Gasteiger partial charge in [-0.25, -0.2) is 8.42 Å². The monoisotopic (exact) mass is 334 g/mol. The normalized spacial score (nSPS) is 11.7. The highest BCUT2D eigenvalue weighted by Crippen LogP contribution is 2.21. The average molecular weight is 334 g/mol. The van der Waals surface area contributed by atoms with E-state index in [0.717, 1.165) is 11.4 Å². The molecule has 128 valence electrons. The Balaban J connectivity index is 0.00000441. The van der Waals surface area contributed by atoms with Crippen molar-refractivity contribution in [1.82, 2.24) is 6.15 Å². The Labute approximate surface area is 132 Å². The van der Waals surface area contributed by atoms with Crippen LogP contribution in [0.3, 0.4) is 0 Å². The molecule has 0 aliphatic heterocycles. The summed E-state index contributed by atoms with van der Waals surface area (Å²) in [5, 5.41) is 0. The smallest absolute Gasteiger partial charge is 0.218 e. The van der Waals surface area contributed by atoms with Crippen molar-refractivity contribution in [3.63, 3.8) is 0 Å². The van der Waals surface area contributed by atoms with Crippen LogP contribution in [0.2, 0.25) is 0 Å². The molecule has 22 heavy (non-hydrogen) atoms. The second-order valence-electron chi connectivity index (χ2n) is 5.60. The van der Waals surface area contributed by atoms with E-state index in [9.17, 15) is 13.0 Å². The highest BCUT2D eigenvalue weighted by atomic mass is 32.3. The number of hydrogen-bond donors (Lipinski definition) is 1. The van der Waals surface area contributed by atoms with Crippen LogP contribution in [-0.2, 0) is 14.6 Å². The van der Waals surface area contributed by atoms with Gasteiger partial charge in [-0.15, -0.1) is 0 Å². The Morgan fingerprint density at radius 3 is 2.45 bits per heavy atom. The fraction of sp³-hybridized carbons (Fsp3) is 0.571. The maximum absolute atomic E-state index is 10.6. The zero-order valence-electron chi connectivity index (χ0n) is 13.8. The Bertz CT molecular complexity index is 558. The van der Waals surface area contributed by atoms with Crippen molar-refractivity contribution < 1.29 is 21.9 Å². The maximum Gasteiger partial charge on any atom is 0.218 e. The first kappa shape index (κ1) is 20.6. The van der Waals surface area contributed by atoms with Gasteiger partial charge in [0.2, 0.25) is 10.4 Å². The molecule has 0 radical (unpaired) electrons. The summed E-state index contributed by atoms with van der Waals surface area (Å²) < 4.78 is 41.9. The van der Waals surface area contributed by atoms with Crippen molar-refractivity contribution in [2.24, 2.45) is 0 Å². The molecule has 0 spiro atoms. The minimum absolute atomic E-state index is 0. The van der Waals surface area contributed by atoms with Gasteiger partial charge in [-0.3, -0.25) is 4.18 Å². The summed E-state index contributed by atoms with van der Waals surface area (Å²) in [7, 11) is -0.789. The lowest BCUT2D eigenvalue weighted by molar-refractivity contribution is 0.0815. The summed E-state index contributed by atoms with van der Waals surface area (Å²) in [5.41, 5.74) is 0.0173. The molecule has 0 bridgehead atoms. The molecule has 0 saturated carbocycles. The fourth-order valence-electron chi connectivity index (χ4n) is 1.86. The number of hydrogen-bond acceptors (Lipinski definition) is 6. The van der Waals surface area contributed by atoms with Crippen LogP contribution in [0, 0.1) is 0 Å². The lowest BCUT2D eigenvalue weighted by Crippen LogP contribution is -2.28. The van der Waals surface area contributed by atoms with E-state index in [2.05, 4.69) is 4.18 Å². The third-order valence-corrected chi connectivity index (χ3v) is 3.51. The average Bonchev–Trinajstić information content (AvgIpc) is 2.32. The first-order valence-corrected chi connectivity index (χ1v) is 7.99. The SMILES string of the molecule is CN(C)c1cccc(OCCCC(C)(C)OS(=O)(=O)[O-])c1.[NH4+]. The zero-order chi connectivity index (χ0) is 16.1. The van der Waals surface area contributed by atoms with Crippen LogP contribution >= 0.6 is 0 Å². The van der Waals surface area contributed by atoms with E-state index in [1.54, 1.807) is 13.8 Å². The van der Waals surface area contributed by atoms with E-state index < -0.39 is 16.0 Å². The van der Waals surface area contributed by atoms with E-state index in [1.807, 2.05) is 43.3 Å². The van der Waals surface area contributed by atoms with Gasteiger partial charge < -0.3 is 20.3 Å². The topological polar surface area (TPSA) is 115 Å². The van der Waals surface area contributed by atoms with Gasteiger partial charge in [0, 0.05) is 25.8 Å². The van der Waals surface area contributed by atoms with Crippen LogP contribution in [0.15, 0.2) is 24.3 Å². The number of rotatable bonds is 8. The molecule has 0 aromatic heterocycles. The van der Waals surface area contributed by atoms with E-state index >= 15 is 0 Å². The molecule has 0 saturated heterocycles. The summed E-state index contributed by atoms with van der Waals surface area (Å²) >= 11 is 0. The highest BCUT2D eigenvalue weighted by molar-refractivity contribution is 7.80. The molecule has 4 N–H and O–H groups in total. The number of ether oxygens (including phenoxy) is 1. The van der Waals surface area contributed by atoms with Gasteiger partial charge in [-0.05, 0) is 38.8 Å². The van der Waals surface area contributed by atoms with Gasteiger partial charge in [0.25, 0.3) is 0 Å². The molecule has 0 fully saturated rings. The van der Waals surface area contributed by atoms with Crippen molar-refractivity contribution in [3.05, 3.63) is 24.3 Å². The van der Waals surface area contributed by atoms with E-state index in [1.165, 1.54) is 0 Å². The van der Waals surface area contributed by atoms with E-state index in [0.29, 0.717) is 19.4 Å². The minimum atomic E-state index is -4.68. The third-order valence-electron chi connectivity index (χ3n) is 2.85. The molecule has 1 rings (SSSR count). The Morgan fingerprint density at radius 1 is 1.27 bits per heavy atom. The first-order chi connectivity index (χ1) is 9.59. The fourth-order valence-corrected chi connectivity index (χ4v) is 2.49. The second kappa shape index (κ2) is 8.33. The zero-order valence-corrected chi connectivity index (χ0v) is 14.6. The molecule has 0 heterocycles. The largest absolute Gasteiger partial charge is 0.726 e. The number of quaternary nitrogens is 1. The molecule has 7 nitrogen and oxygen atoms in total.